The molecule has 0 spiro atoms. The highest BCUT2D eigenvalue weighted by Gasteiger charge is 2.14. The third-order valence-corrected chi connectivity index (χ3v) is 9.44. The van der Waals surface area contributed by atoms with Crippen molar-refractivity contribution < 1.29 is 0 Å². The van der Waals surface area contributed by atoms with E-state index in [1.165, 1.54) is 52.8 Å². The number of hydrogen-bond donors (Lipinski definition) is 0. The number of nitrogens with zero attached hydrogens (tertiary/aromatic N) is 2. The molecular weight excluding hydrogens is 516 g/mol. The first-order chi connectivity index (χ1) is 20.3. The minimum absolute atomic E-state index is 0.940. The lowest BCUT2D eigenvalue weighted by molar-refractivity contribution is 1.37. The smallest absolute Gasteiger partial charge is 0.0972 e. The molecular formula is C38H22N2S. The molecule has 190 valence electrons. The van der Waals surface area contributed by atoms with Crippen molar-refractivity contribution in [2.45, 2.75) is 0 Å². The van der Waals surface area contributed by atoms with Crippen LogP contribution < -0.4 is 0 Å². The number of thiophene rings is 1. The number of benzene rings is 6. The Morgan fingerprint density at radius 3 is 2.10 bits per heavy atom. The van der Waals surface area contributed by atoms with Gasteiger partial charge in [0.25, 0.3) is 0 Å². The summed E-state index contributed by atoms with van der Waals surface area (Å²) >= 11 is 1.87. The molecule has 2 nitrogen and oxygen atoms in total. The van der Waals surface area contributed by atoms with E-state index in [1.54, 1.807) is 0 Å². The molecule has 0 atom stereocenters. The molecule has 0 aliphatic carbocycles. The molecule has 9 aromatic rings. The minimum atomic E-state index is 0.940. The summed E-state index contributed by atoms with van der Waals surface area (Å²) in [6.45, 7) is 0. The van der Waals surface area contributed by atoms with Crippen LogP contribution >= 0.6 is 11.3 Å². The van der Waals surface area contributed by atoms with Crippen LogP contribution in [0.2, 0.25) is 0 Å². The van der Waals surface area contributed by atoms with Crippen LogP contribution in [0.25, 0.3) is 85.9 Å². The molecule has 0 radical (unpaired) electrons. The Balaban J connectivity index is 1.23. The maximum atomic E-state index is 5.15. The zero-order valence-electron chi connectivity index (χ0n) is 22.0. The molecule has 0 N–H and O–H groups in total. The lowest BCUT2D eigenvalue weighted by Gasteiger charge is -2.13. The second kappa shape index (κ2) is 8.69. The SMILES string of the molecule is c1cnc2c(c1)ccc1ccc(-c3ccc(-c4ccc5c(ccc6sc7ccccc7c65)c4)c4ccccc34)nc12. The quantitative estimate of drug-likeness (QED) is 0.205. The standard InChI is InChI=1S/C38H22N2S/c1-2-8-30-29(7-1)27(17-18-31(30)33-19-14-24-12-11-23-6-5-21-39-37(23)38(24)40-33)25-13-16-28-26(22-25)15-20-35-36(28)32-9-3-4-10-34(32)41-35/h1-22H. The fourth-order valence-corrected chi connectivity index (χ4v) is 7.49. The van der Waals surface area contributed by atoms with Gasteiger partial charge < -0.3 is 0 Å². The molecule has 0 amide bonds. The van der Waals surface area contributed by atoms with Crippen molar-refractivity contribution >= 4 is 74.9 Å². The molecule has 0 bridgehead atoms. The van der Waals surface area contributed by atoms with E-state index in [0.717, 1.165) is 33.1 Å². The summed E-state index contributed by atoms with van der Waals surface area (Å²) in [5.74, 6) is 0. The van der Waals surface area contributed by atoms with E-state index in [9.17, 15) is 0 Å². The van der Waals surface area contributed by atoms with Gasteiger partial charge in [-0.2, -0.15) is 0 Å². The monoisotopic (exact) mass is 538 g/mol. The van der Waals surface area contributed by atoms with Crippen LogP contribution in [0.1, 0.15) is 0 Å². The van der Waals surface area contributed by atoms with Gasteiger partial charge in [0.1, 0.15) is 0 Å². The van der Waals surface area contributed by atoms with Crippen molar-refractivity contribution in [2.75, 3.05) is 0 Å². The van der Waals surface area contributed by atoms with Crippen molar-refractivity contribution in [2.24, 2.45) is 0 Å². The van der Waals surface area contributed by atoms with Gasteiger partial charge in [0.15, 0.2) is 0 Å². The number of pyridine rings is 2. The summed E-state index contributed by atoms with van der Waals surface area (Å²) in [5, 5.41) is 9.91. The molecule has 6 aromatic carbocycles. The Morgan fingerprint density at radius 2 is 1.20 bits per heavy atom. The molecule has 3 heteroatoms. The lowest BCUT2D eigenvalue weighted by atomic mass is 9.92. The van der Waals surface area contributed by atoms with Crippen LogP contribution in [0, 0.1) is 0 Å². The van der Waals surface area contributed by atoms with Gasteiger partial charge >= 0.3 is 0 Å². The predicted octanol–water partition coefficient (Wildman–Crippen LogP) is 10.8. The van der Waals surface area contributed by atoms with E-state index < -0.39 is 0 Å². The zero-order valence-corrected chi connectivity index (χ0v) is 22.8. The number of rotatable bonds is 2. The number of fused-ring (bicyclic) bond motifs is 9. The Kier molecular flexibility index (Phi) is 4.80. The van der Waals surface area contributed by atoms with E-state index in [0.29, 0.717) is 0 Å². The summed E-state index contributed by atoms with van der Waals surface area (Å²) < 4.78 is 2.68. The van der Waals surface area contributed by atoms with Crippen molar-refractivity contribution in [1.82, 2.24) is 9.97 Å². The number of aromatic nitrogens is 2. The summed E-state index contributed by atoms with van der Waals surface area (Å²) in [6.07, 6.45) is 1.84. The van der Waals surface area contributed by atoms with Crippen molar-refractivity contribution in [3.05, 3.63) is 134 Å². The number of hydrogen-bond acceptors (Lipinski definition) is 3. The van der Waals surface area contributed by atoms with Gasteiger partial charge in [-0.05, 0) is 63.0 Å². The fourth-order valence-electron chi connectivity index (χ4n) is 6.37. The van der Waals surface area contributed by atoms with E-state index in [2.05, 4.69) is 126 Å². The Bertz CT molecular complexity index is 2490. The molecule has 0 fully saturated rings. The van der Waals surface area contributed by atoms with Crippen LogP contribution in [-0.2, 0) is 0 Å². The van der Waals surface area contributed by atoms with Crippen molar-refractivity contribution in [3.63, 3.8) is 0 Å². The van der Waals surface area contributed by atoms with Gasteiger partial charge in [-0.15, -0.1) is 11.3 Å². The summed E-state index contributed by atoms with van der Waals surface area (Å²) in [7, 11) is 0. The molecule has 3 heterocycles. The first kappa shape index (κ1) is 22.7. The van der Waals surface area contributed by atoms with Gasteiger partial charge in [-0.3, -0.25) is 4.98 Å². The Hall–Kier alpha value is -5.12. The predicted molar refractivity (Wildman–Crippen MR) is 176 cm³/mol. The third-order valence-electron chi connectivity index (χ3n) is 8.30. The average Bonchev–Trinajstić information content (AvgIpc) is 3.43. The summed E-state index contributed by atoms with van der Waals surface area (Å²) in [4.78, 5) is 9.81. The maximum Gasteiger partial charge on any atom is 0.0972 e. The first-order valence-corrected chi connectivity index (χ1v) is 14.6. The van der Waals surface area contributed by atoms with Crippen molar-refractivity contribution in [1.29, 1.82) is 0 Å². The van der Waals surface area contributed by atoms with Gasteiger partial charge in [0, 0.05) is 42.7 Å². The maximum absolute atomic E-state index is 5.15. The molecule has 9 rings (SSSR count). The molecule has 0 aliphatic rings. The highest BCUT2D eigenvalue weighted by atomic mass is 32.1. The van der Waals surface area contributed by atoms with Gasteiger partial charge in [-0.25, -0.2) is 4.98 Å². The minimum Gasteiger partial charge on any atom is -0.254 e. The summed E-state index contributed by atoms with van der Waals surface area (Å²) in [6, 6.07) is 46.0. The Labute approximate surface area is 240 Å². The van der Waals surface area contributed by atoms with Crippen LogP contribution in [-0.4, -0.2) is 9.97 Å². The van der Waals surface area contributed by atoms with Gasteiger partial charge in [0.2, 0.25) is 0 Å². The lowest BCUT2D eigenvalue weighted by Crippen LogP contribution is -1.91. The van der Waals surface area contributed by atoms with E-state index in [-0.39, 0.29) is 0 Å². The van der Waals surface area contributed by atoms with Crippen molar-refractivity contribution in [3.8, 4) is 22.4 Å². The van der Waals surface area contributed by atoms with Gasteiger partial charge in [0.05, 0.1) is 16.7 Å². The molecule has 0 unspecified atom stereocenters. The van der Waals surface area contributed by atoms with Crippen LogP contribution in [0.5, 0.6) is 0 Å². The third kappa shape index (κ3) is 3.43. The Morgan fingerprint density at radius 1 is 0.463 bits per heavy atom. The highest BCUT2D eigenvalue weighted by molar-refractivity contribution is 7.26. The second-order valence-electron chi connectivity index (χ2n) is 10.6. The molecule has 0 saturated carbocycles. The average molecular weight is 539 g/mol. The zero-order chi connectivity index (χ0) is 26.9. The molecule has 41 heavy (non-hydrogen) atoms. The normalized spacial score (nSPS) is 11.9. The van der Waals surface area contributed by atoms with E-state index in [1.807, 2.05) is 23.6 Å². The summed E-state index contributed by atoms with van der Waals surface area (Å²) in [5.41, 5.74) is 6.43. The van der Waals surface area contributed by atoms with Crippen LogP contribution in [0.4, 0.5) is 0 Å². The fraction of sp³-hybridized carbons (Fsp3) is 0. The topological polar surface area (TPSA) is 25.8 Å². The van der Waals surface area contributed by atoms with E-state index >= 15 is 0 Å². The first-order valence-electron chi connectivity index (χ1n) is 13.8. The van der Waals surface area contributed by atoms with Crippen LogP contribution in [0.3, 0.4) is 0 Å². The molecule has 3 aromatic heterocycles. The van der Waals surface area contributed by atoms with E-state index in [4.69, 9.17) is 4.98 Å². The second-order valence-corrected chi connectivity index (χ2v) is 11.7. The van der Waals surface area contributed by atoms with Gasteiger partial charge in [-0.1, -0.05) is 97.1 Å². The molecule has 0 saturated heterocycles. The molecule has 0 aliphatic heterocycles. The largest absolute Gasteiger partial charge is 0.254 e. The highest BCUT2D eigenvalue weighted by Crippen LogP contribution is 2.41. The van der Waals surface area contributed by atoms with Crippen LogP contribution in [0.15, 0.2) is 134 Å².